The normalized spacial score (nSPS) is 10.3. The second kappa shape index (κ2) is 7.99. The van der Waals surface area contributed by atoms with Crippen molar-refractivity contribution in [3.8, 4) is 5.75 Å². The molecule has 1 N–H and O–H groups in total. The summed E-state index contributed by atoms with van der Waals surface area (Å²) in [7, 11) is 0. The topological polar surface area (TPSA) is 38.3 Å². The van der Waals surface area contributed by atoms with Crippen LogP contribution in [-0.2, 0) is 4.79 Å². The number of carbonyl (C=O) groups excluding carboxylic acids is 1. The Balaban J connectivity index is 1.72. The summed E-state index contributed by atoms with van der Waals surface area (Å²) < 4.78 is 6.62. The molecule has 0 saturated carbocycles. The van der Waals surface area contributed by atoms with Crippen molar-refractivity contribution in [2.24, 2.45) is 0 Å². The maximum Gasteiger partial charge on any atom is 0.224 e. The zero-order valence-corrected chi connectivity index (χ0v) is 14.4. The summed E-state index contributed by atoms with van der Waals surface area (Å²) in [6.45, 7) is 4.57. The third kappa shape index (κ3) is 5.19. The van der Waals surface area contributed by atoms with Crippen molar-refractivity contribution in [2.75, 3.05) is 11.9 Å². The van der Waals surface area contributed by atoms with Crippen LogP contribution in [0.4, 0.5) is 5.69 Å². The number of amides is 1. The van der Waals surface area contributed by atoms with Gasteiger partial charge in [0.1, 0.15) is 5.75 Å². The first-order valence-electron chi connectivity index (χ1n) is 7.30. The van der Waals surface area contributed by atoms with Gasteiger partial charge in [-0.2, -0.15) is 0 Å². The average Bonchev–Trinajstić information content (AvgIpc) is 2.48. The molecule has 3 nitrogen and oxygen atoms in total. The molecule has 0 atom stereocenters. The predicted molar refractivity (Wildman–Crippen MR) is 93.4 cm³/mol. The number of hydrogen-bond acceptors (Lipinski definition) is 2. The molecule has 0 saturated heterocycles. The summed E-state index contributed by atoms with van der Waals surface area (Å²) in [5, 5.41) is 2.94. The average molecular weight is 362 g/mol. The SMILES string of the molecule is Cc1ccc(NC(=O)CCCOc2ccc(Br)cc2)c(C)c1. The lowest BCUT2D eigenvalue weighted by molar-refractivity contribution is -0.116. The van der Waals surface area contributed by atoms with Crippen LogP contribution < -0.4 is 10.1 Å². The van der Waals surface area contributed by atoms with Crippen LogP contribution in [0.25, 0.3) is 0 Å². The Morgan fingerprint density at radius 2 is 1.86 bits per heavy atom. The molecule has 0 heterocycles. The zero-order chi connectivity index (χ0) is 15.9. The van der Waals surface area contributed by atoms with Gasteiger partial charge < -0.3 is 10.1 Å². The molecule has 0 aromatic heterocycles. The second-order valence-corrected chi connectivity index (χ2v) is 6.19. The lowest BCUT2D eigenvalue weighted by Crippen LogP contribution is -2.13. The van der Waals surface area contributed by atoms with Gasteiger partial charge in [-0.1, -0.05) is 33.6 Å². The van der Waals surface area contributed by atoms with Gasteiger partial charge >= 0.3 is 0 Å². The highest BCUT2D eigenvalue weighted by Crippen LogP contribution is 2.17. The summed E-state index contributed by atoms with van der Waals surface area (Å²) in [6, 6.07) is 13.7. The number of benzene rings is 2. The molecule has 2 aromatic carbocycles. The quantitative estimate of drug-likeness (QED) is 0.745. The highest BCUT2D eigenvalue weighted by molar-refractivity contribution is 9.10. The number of nitrogens with one attached hydrogen (secondary N) is 1. The lowest BCUT2D eigenvalue weighted by atomic mass is 10.1. The number of rotatable bonds is 6. The molecule has 0 spiro atoms. The molecule has 0 unspecified atom stereocenters. The molecular formula is C18H20BrNO2. The van der Waals surface area contributed by atoms with Crippen LogP contribution in [0.1, 0.15) is 24.0 Å². The minimum atomic E-state index is 0.0198. The zero-order valence-electron chi connectivity index (χ0n) is 12.9. The van der Waals surface area contributed by atoms with Gasteiger partial charge in [-0.25, -0.2) is 0 Å². The Hall–Kier alpha value is -1.81. The van der Waals surface area contributed by atoms with Crippen LogP contribution in [0.3, 0.4) is 0 Å². The molecule has 2 aromatic rings. The minimum Gasteiger partial charge on any atom is -0.494 e. The monoisotopic (exact) mass is 361 g/mol. The van der Waals surface area contributed by atoms with Gasteiger partial charge in [-0.3, -0.25) is 4.79 Å². The fraction of sp³-hybridized carbons (Fsp3) is 0.278. The van der Waals surface area contributed by atoms with Gasteiger partial charge in [0, 0.05) is 16.6 Å². The van der Waals surface area contributed by atoms with Crippen molar-refractivity contribution >= 4 is 27.5 Å². The van der Waals surface area contributed by atoms with Gasteiger partial charge in [0.25, 0.3) is 0 Å². The van der Waals surface area contributed by atoms with Crippen LogP contribution in [0.2, 0.25) is 0 Å². The van der Waals surface area contributed by atoms with E-state index in [0.717, 1.165) is 21.5 Å². The molecule has 4 heteroatoms. The Labute approximate surface area is 139 Å². The molecule has 0 radical (unpaired) electrons. The summed E-state index contributed by atoms with van der Waals surface area (Å²) in [6.07, 6.45) is 1.14. The predicted octanol–water partition coefficient (Wildman–Crippen LogP) is 4.86. The molecule has 116 valence electrons. The molecule has 2 rings (SSSR count). The van der Waals surface area contributed by atoms with E-state index in [1.807, 2.05) is 50.2 Å². The number of aryl methyl sites for hydroxylation is 2. The molecule has 0 aliphatic rings. The van der Waals surface area contributed by atoms with E-state index < -0.39 is 0 Å². The number of carbonyl (C=O) groups is 1. The number of ether oxygens (including phenoxy) is 1. The van der Waals surface area contributed by atoms with Crippen LogP contribution in [-0.4, -0.2) is 12.5 Å². The first-order valence-corrected chi connectivity index (χ1v) is 8.09. The Morgan fingerprint density at radius 1 is 1.14 bits per heavy atom. The van der Waals surface area contributed by atoms with E-state index in [1.165, 1.54) is 5.56 Å². The van der Waals surface area contributed by atoms with E-state index in [-0.39, 0.29) is 5.91 Å². The van der Waals surface area contributed by atoms with Crippen molar-refractivity contribution in [1.29, 1.82) is 0 Å². The van der Waals surface area contributed by atoms with Crippen LogP contribution in [0, 0.1) is 13.8 Å². The van der Waals surface area contributed by atoms with E-state index >= 15 is 0 Å². The van der Waals surface area contributed by atoms with Crippen molar-refractivity contribution in [2.45, 2.75) is 26.7 Å². The molecule has 0 aliphatic carbocycles. The Morgan fingerprint density at radius 3 is 2.55 bits per heavy atom. The maximum atomic E-state index is 11.9. The fourth-order valence-corrected chi connectivity index (χ4v) is 2.38. The Bertz CT molecular complexity index is 638. The van der Waals surface area contributed by atoms with Crippen molar-refractivity contribution < 1.29 is 9.53 Å². The fourth-order valence-electron chi connectivity index (χ4n) is 2.12. The van der Waals surface area contributed by atoms with Gasteiger partial charge in [0.05, 0.1) is 6.61 Å². The molecule has 1 amide bonds. The minimum absolute atomic E-state index is 0.0198. The summed E-state index contributed by atoms with van der Waals surface area (Å²) in [5.74, 6) is 0.837. The van der Waals surface area contributed by atoms with Crippen LogP contribution >= 0.6 is 15.9 Å². The third-order valence-electron chi connectivity index (χ3n) is 3.29. The summed E-state index contributed by atoms with van der Waals surface area (Å²) >= 11 is 3.38. The molecule has 0 bridgehead atoms. The van der Waals surface area contributed by atoms with Gasteiger partial charge in [-0.05, 0) is 56.2 Å². The highest BCUT2D eigenvalue weighted by Gasteiger charge is 2.05. The van der Waals surface area contributed by atoms with E-state index in [9.17, 15) is 4.79 Å². The molecule has 22 heavy (non-hydrogen) atoms. The Kier molecular flexibility index (Phi) is 6.01. The van der Waals surface area contributed by atoms with E-state index in [0.29, 0.717) is 19.4 Å². The van der Waals surface area contributed by atoms with E-state index in [2.05, 4.69) is 27.3 Å². The van der Waals surface area contributed by atoms with Crippen molar-refractivity contribution in [1.82, 2.24) is 0 Å². The number of hydrogen-bond donors (Lipinski definition) is 1. The van der Waals surface area contributed by atoms with Crippen molar-refractivity contribution in [3.63, 3.8) is 0 Å². The van der Waals surface area contributed by atoms with Gasteiger partial charge in [-0.15, -0.1) is 0 Å². The standard InChI is InChI=1S/C18H20BrNO2/c1-13-5-10-17(14(2)12-13)20-18(21)4-3-11-22-16-8-6-15(19)7-9-16/h5-10,12H,3-4,11H2,1-2H3,(H,20,21). The van der Waals surface area contributed by atoms with Crippen LogP contribution in [0.15, 0.2) is 46.9 Å². The van der Waals surface area contributed by atoms with Crippen LogP contribution in [0.5, 0.6) is 5.75 Å². The number of anilines is 1. The van der Waals surface area contributed by atoms with Crippen molar-refractivity contribution in [3.05, 3.63) is 58.1 Å². The maximum absolute atomic E-state index is 11.9. The smallest absolute Gasteiger partial charge is 0.224 e. The van der Waals surface area contributed by atoms with Gasteiger partial charge in [0.15, 0.2) is 0 Å². The molecule has 0 aliphatic heterocycles. The number of halogens is 1. The largest absolute Gasteiger partial charge is 0.494 e. The lowest BCUT2D eigenvalue weighted by Gasteiger charge is -2.09. The first kappa shape index (κ1) is 16.6. The second-order valence-electron chi connectivity index (χ2n) is 5.27. The highest BCUT2D eigenvalue weighted by atomic mass is 79.9. The first-order chi connectivity index (χ1) is 10.5. The third-order valence-corrected chi connectivity index (χ3v) is 3.82. The summed E-state index contributed by atoms with van der Waals surface area (Å²) in [5.41, 5.74) is 3.15. The summed E-state index contributed by atoms with van der Waals surface area (Å²) in [4.78, 5) is 11.9. The van der Waals surface area contributed by atoms with Gasteiger partial charge in [0.2, 0.25) is 5.91 Å². The molecule has 0 fully saturated rings. The van der Waals surface area contributed by atoms with E-state index in [1.54, 1.807) is 0 Å². The molecular weight excluding hydrogens is 342 g/mol. The van der Waals surface area contributed by atoms with E-state index in [4.69, 9.17) is 4.74 Å².